The van der Waals surface area contributed by atoms with Crippen LogP contribution in [0.1, 0.15) is 74.7 Å². The Kier molecular flexibility index (Phi) is 14.5. The van der Waals surface area contributed by atoms with Gasteiger partial charge in [0.2, 0.25) is 0 Å². The molecule has 2 saturated heterocycles. The van der Waals surface area contributed by atoms with Crippen molar-refractivity contribution in [3.05, 3.63) is 0 Å². The number of esters is 1. The monoisotopic (exact) mass is 687 g/mol. The summed E-state index contributed by atoms with van der Waals surface area (Å²) in [4.78, 5) is 15.5. The van der Waals surface area contributed by atoms with Gasteiger partial charge in [-0.3, -0.25) is 4.79 Å². The summed E-state index contributed by atoms with van der Waals surface area (Å²) in [5.41, 5.74) is -6.07. The SMILES string of the molecule is CC[C@H]1OC(=O)C(C)[C@@](O)(CNCC(F)(F)F)[C@H](C)[C@@H](O[C@@H]2O[C@H](C)C[C@H](N(C)C)[C@H]2O)[C@@](C)(O)C[C@@H](C)CN[C@H](C)[C@@H](O)[C@]1(C)O. The van der Waals surface area contributed by atoms with Crippen LogP contribution in [0.2, 0.25) is 0 Å². The van der Waals surface area contributed by atoms with Gasteiger partial charge >= 0.3 is 12.1 Å². The van der Waals surface area contributed by atoms with Crippen molar-refractivity contribution >= 4 is 5.97 Å². The van der Waals surface area contributed by atoms with E-state index in [9.17, 15) is 43.5 Å². The maximum atomic E-state index is 13.7. The third-order valence-electron chi connectivity index (χ3n) is 10.2. The second-order valence-corrected chi connectivity index (χ2v) is 14.7. The van der Waals surface area contributed by atoms with Crippen LogP contribution in [0, 0.1) is 17.8 Å². The van der Waals surface area contributed by atoms with E-state index >= 15 is 0 Å². The number of rotatable bonds is 7. The first-order valence-electron chi connectivity index (χ1n) is 16.6. The molecule has 2 rings (SSSR count). The molecular weight excluding hydrogens is 627 g/mol. The number of likely N-dealkylation sites (N-methyl/N-ethyl adjacent to an activating group) is 1. The van der Waals surface area contributed by atoms with Gasteiger partial charge in [-0.15, -0.1) is 0 Å². The third-order valence-corrected chi connectivity index (χ3v) is 10.2. The average Bonchev–Trinajstić information content (AvgIpc) is 2.95. The number of hydrogen-bond donors (Lipinski definition) is 7. The minimum atomic E-state index is -4.64. The molecule has 0 aromatic rings. The maximum absolute atomic E-state index is 13.7. The van der Waals surface area contributed by atoms with Gasteiger partial charge in [-0.25, -0.2) is 0 Å². The highest BCUT2D eigenvalue weighted by atomic mass is 19.4. The number of nitrogens with zero attached hydrogens (tertiary/aromatic N) is 1. The van der Waals surface area contributed by atoms with Crippen molar-refractivity contribution in [3.63, 3.8) is 0 Å². The molecule has 1 unspecified atom stereocenters. The quantitative estimate of drug-likeness (QED) is 0.191. The van der Waals surface area contributed by atoms with E-state index in [1.807, 2.05) is 11.8 Å². The molecular formula is C32H60F3N3O9. The molecule has 0 amide bonds. The van der Waals surface area contributed by atoms with E-state index in [1.54, 1.807) is 34.9 Å². The van der Waals surface area contributed by atoms with Crippen molar-refractivity contribution in [2.45, 2.75) is 147 Å². The average molecular weight is 688 g/mol. The van der Waals surface area contributed by atoms with E-state index in [4.69, 9.17) is 14.2 Å². The van der Waals surface area contributed by atoms with Gasteiger partial charge in [0.1, 0.15) is 23.9 Å². The van der Waals surface area contributed by atoms with E-state index in [1.165, 1.54) is 27.7 Å². The Bertz CT molecular complexity index is 1000. The number of carbonyl (C=O) groups excluding carboxylic acids is 1. The lowest BCUT2D eigenvalue weighted by atomic mass is 9.70. The zero-order chi connectivity index (χ0) is 36.3. The second kappa shape index (κ2) is 16.3. The Hall–Kier alpha value is -1.14. The van der Waals surface area contributed by atoms with E-state index in [0.717, 1.165) is 0 Å². The number of hydrogen-bond acceptors (Lipinski definition) is 12. The Morgan fingerprint density at radius 1 is 1.09 bits per heavy atom. The van der Waals surface area contributed by atoms with Gasteiger partial charge in [-0.1, -0.05) is 20.8 Å². The maximum Gasteiger partial charge on any atom is 0.401 e. The summed E-state index contributed by atoms with van der Waals surface area (Å²) in [6, 6.07) is -1.07. The van der Waals surface area contributed by atoms with Gasteiger partial charge in [0.05, 0.1) is 35.9 Å². The predicted octanol–water partition coefficient (Wildman–Crippen LogP) is 1.16. The van der Waals surface area contributed by atoms with Crippen molar-refractivity contribution in [3.8, 4) is 0 Å². The van der Waals surface area contributed by atoms with Gasteiger partial charge < -0.3 is 55.3 Å². The van der Waals surface area contributed by atoms with Crippen LogP contribution in [0.3, 0.4) is 0 Å². The van der Waals surface area contributed by atoms with Crippen LogP contribution in [0.5, 0.6) is 0 Å². The first kappa shape index (κ1) is 42.0. The van der Waals surface area contributed by atoms with Crippen LogP contribution in [0.25, 0.3) is 0 Å². The van der Waals surface area contributed by atoms with Crippen molar-refractivity contribution < 1.29 is 57.7 Å². The fourth-order valence-corrected chi connectivity index (χ4v) is 7.13. The normalized spacial score (nSPS) is 45.3. The molecule has 14 atom stereocenters. The lowest BCUT2D eigenvalue weighted by Gasteiger charge is -2.49. The number of aliphatic hydroxyl groups excluding tert-OH is 2. The highest BCUT2D eigenvalue weighted by molar-refractivity contribution is 5.74. The molecule has 7 N–H and O–H groups in total. The highest BCUT2D eigenvalue weighted by Gasteiger charge is 2.55. The topological polar surface area (TPSA) is 173 Å². The van der Waals surface area contributed by atoms with E-state index in [-0.39, 0.29) is 37.5 Å². The van der Waals surface area contributed by atoms with Crippen molar-refractivity contribution in [2.75, 3.05) is 33.7 Å². The number of nitrogens with one attached hydrogen (secondary N) is 2. The fourth-order valence-electron chi connectivity index (χ4n) is 7.13. The lowest BCUT2D eigenvalue weighted by molar-refractivity contribution is -0.304. The number of halogens is 3. The Morgan fingerprint density at radius 3 is 2.21 bits per heavy atom. The van der Waals surface area contributed by atoms with Crippen LogP contribution in [0.15, 0.2) is 0 Å². The first-order valence-corrected chi connectivity index (χ1v) is 16.6. The van der Waals surface area contributed by atoms with Gasteiger partial charge in [-0.2, -0.15) is 13.2 Å². The van der Waals surface area contributed by atoms with Crippen molar-refractivity contribution in [1.82, 2.24) is 15.5 Å². The van der Waals surface area contributed by atoms with Crippen molar-refractivity contribution in [2.24, 2.45) is 17.8 Å². The van der Waals surface area contributed by atoms with Crippen LogP contribution in [-0.2, 0) is 19.0 Å². The first-order chi connectivity index (χ1) is 21.4. The van der Waals surface area contributed by atoms with Gasteiger partial charge in [0.15, 0.2) is 6.29 Å². The molecule has 2 fully saturated rings. The minimum Gasteiger partial charge on any atom is -0.459 e. The third kappa shape index (κ3) is 10.4. The number of aliphatic hydroxyl groups is 5. The molecule has 0 aromatic carbocycles. The molecule has 278 valence electrons. The molecule has 0 aromatic heterocycles. The van der Waals surface area contributed by atoms with Gasteiger partial charge in [-0.05, 0) is 80.4 Å². The van der Waals surface area contributed by atoms with E-state index in [0.29, 0.717) is 6.42 Å². The fraction of sp³-hybridized carbons (Fsp3) is 0.969. The zero-order valence-electron chi connectivity index (χ0n) is 29.5. The Morgan fingerprint density at radius 2 is 1.68 bits per heavy atom. The molecule has 0 saturated carbocycles. The van der Waals surface area contributed by atoms with Gasteiger partial charge in [0.25, 0.3) is 0 Å². The lowest BCUT2D eigenvalue weighted by Crippen LogP contribution is -2.64. The van der Waals surface area contributed by atoms with Crippen LogP contribution >= 0.6 is 0 Å². The summed E-state index contributed by atoms with van der Waals surface area (Å²) in [6.07, 6.45) is -10.9. The molecule has 47 heavy (non-hydrogen) atoms. The van der Waals surface area contributed by atoms with E-state index in [2.05, 4.69) is 10.6 Å². The molecule has 15 heteroatoms. The molecule has 0 radical (unpaired) electrons. The molecule has 2 heterocycles. The molecule has 0 bridgehead atoms. The summed E-state index contributed by atoms with van der Waals surface area (Å²) in [5.74, 6) is -4.12. The highest BCUT2D eigenvalue weighted by Crippen LogP contribution is 2.40. The number of ether oxygens (including phenoxy) is 3. The largest absolute Gasteiger partial charge is 0.459 e. The Labute approximate surface area is 277 Å². The molecule has 12 nitrogen and oxygen atoms in total. The smallest absolute Gasteiger partial charge is 0.401 e. The van der Waals surface area contributed by atoms with Crippen LogP contribution in [0.4, 0.5) is 13.2 Å². The van der Waals surface area contributed by atoms with Crippen LogP contribution in [-0.4, -0.2) is 142 Å². The van der Waals surface area contributed by atoms with Crippen molar-refractivity contribution in [1.29, 1.82) is 0 Å². The summed E-state index contributed by atoms with van der Waals surface area (Å²) in [5, 5.41) is 63.5. The summed E-state index contributed by atoms with van der Waals surface area (Å²) >= 11 is 0. The van der Waals surface area contributed by atoms with Crippen LogP contribution < -0.4 is 10.6 Å². The van der Waals surface area contributed by atoms with Gasteiger partial charge in [0, 0.05) is 24.5 Å². The Balaban J connectivity index is 2.71. The summed E-state index contributed by atoms with van der Waals surface area (Å²) in [6.45, 7) is 10.5. The second-order valence-electron chi connectivity index (χ2n) is 14.7. The standard InChI is InChI=1S/C32H60F3N3O9/c1-11-23-30(8,43)25(40)21(6)37-14-17(2)13-29(7,42)26(47-28-24(39)22(38(9)10)12-18(3)45-28)19(4)31(44,20(5)27(41)46-23)15-36-16-32(33,34)35/h17-26,28,36-37,39-40,42-44H,11-16H2,1-10H3/t17-,18-,19-,20?,21-,22+,23-,24-,25-,26-,28+,29+,30-,31-/m1/s1. The number of cyclic esters (lactones) is 1. The van der Waals surface area contributed by atoms with E-state index < -0.39 is 90.6 Å². The zero-order valence-corrected chi connectivity index (χ0v) is 29.5. The number of alkyl halides is 3. The number of carbonyl (C=O) groups is 1. The summed E-state index contributed by atoms with van der Waals surface area (Å²) in [7, 11) is 3.58. The molecule has 2 aliphatic rings. The summed E-state index contributed by atoms with van der Waals surface area (Å²) < 4.78 is 57.9. The predicted molar refractivity (Wildman–Crippen MR) is 168 cm³/mol. The molecule has 2 aliphatic heterocycles. The molecule has 0 aliphatic carbocycles. The molecule has 0 spiro atoms. The minimum absolute atomic E-state index is 0.0339.